The van der Waals surface area contributed by atoms with E-state index in [2.05, 4.69) is 29.2 Å². The third-order valence-corrected chi connectivity index (χ3v) is 6.78. The molecular formula is C22H22ClNO. The quantitative estimate of drug-likeness (QED) is 0.776. The maximum atomic E-state index is 13.4. The van der Waals surface area contributed by atoms with Crippen LogP contribution in [0.4, 0.5) is 0 Å². The van der Waals surface area contributed by atoms with Crippen LogP contribution in [0.3, 0.4) is 0 Å². The first kappa shape index (κ1) is 15.5. The lowest BCUT2D eigenvalue weighted by Crippen LogP contribution is -2.38. The van der Waals surface area contributed by atoms with Crippen molar-refractivity contribution in [1.82, 2.24) is 4.90 Å². The molecule has 1 saturated heterocycles. The number of halogens is 1. The third kappa shape index (κ3) is 2.42. The first-order valence-electron chi connectivity index (χ1n) is 9.31. The van der Waals surface area contributed by atoms with E-state index in [0.29, 0.717) is 17.7 Å². The van der Waals surface area contributed by atoms with Crippen molar-refractivity contribution in [2.75, 3.05) is 13.1 Å². The Kier molecular flexibility index (Phi) is 3.46. The van der Waals surface area contributed by atoms with Gasteiger partial charge in [-0.3, -0.25) is 4.79 Å². The Morgan fingerprint density at radius 1 is 1.04 bits per heavy atom. The van der Waals surface area contributed by atoms with E-state index in [1.54, 1.807) is 0 Å². The lowest BCUT2D eigenvalue weighted by Gasteiger charge is -2.26. The van der Waals surface area contributed by atoms with Crippen molar-refractivity contribution in [3.05, 3.63) is 70.2 Å². The van der Waals surface area contributed by atoms with Crippen LogP contribution in [0, 0.1) is 5.92 Å². The van der Waals surface area contributed by atoms with Crippen LogP contribution >= 0.6 is 11.6 Å². The number of likely N-dealkylation sites (tertiary alicyclic amines) is 1. The maximum Gasteiger partial charge on any atom is 0.233 e. The zero-order valence-electron chi connectivity index (χ0n) is 14.2. The van der Waals surface area contributed by atoms with Crippen molar-refractivity contribution in [2.45, 2.75) is 37.0 Å². The molecule has 2 aromatic rings. The van der Waals surface area contributed by atoms with Crippen molar-refractivity contribution in [3.63, 3.8) is 0 Å². The molecule has 0 aromatic heterocycles. The first-order valence-corrected chi connectivity index (χ1v) is 9.68. The number of rotatable bonds is 2. The van der Waals surface area contributed by atoms with Gasteiger partial charge in [0.1, 0.15) is 0 Å². The van der Waals surface area contributed by atoms with E-state index in [9.17, 15) is 4.79 Å². The van der Waals surface area contributed by atoms with Crippen LogP contribution in [0.2, 0.25) is 5.02 Å². The van der Waals surface area contributed by atoms with E-state index in [4.69, 9.17) is 11.6 Å². The minimum atomic E-state index is -0.280. The molecule has 1 heterocycles. The highest BCUT2D eigenvalue weighted by molar-refractivity contribution is 6.30. The zero-order valence-corrected chi connectivity index (χ0v) is 15.0. The van der Waals surface area contributed by atoms with Gasteiger partial charge in [-0.1, -0.05) is 48.0 Å². The summed E-state index contributed by atoms with van der Waals surface area (Å²) in [5.41, 5.74) is 3.82. The normalized spacial score (nSPS) is 26.0. The third-order valence-electron chi connectivity index (χ3n) is 6.52. The molecule has 128 valence electrons. The summed E-state index contributed by atoms with van der Waals surface area (Å²) in [5, 5.41) is 0.732. The Labute approximate surface area is 153 Å². The number of nitrogens with zero attached hydrogens (tertiary/aromatic N) is 1. The predicted molar refractivity (Wildman–Crippen MR) is 99.9 cm³/mol. The fraction of sp³-hybridized carbons (Fsp3) is 0.409. The molecule has 1 aliphatic heterocycles. The second-order valence-electron chi connectivity index (χ2n) is 7.90. The van der Waals surface area contributed by atoms with E-state index >= 15 is 0 Å². The largest absolute Gasteiger partial charge is 0.341 e. The van der Waals surface area contributed by atoms with E-state index < -0.39 is 0 Å². The highest BCUT2D eigenvalue weighted by Crippen LogP contribution is 2.51. The van der Waals surface area contributed by atoms with Crippen LogP contribution in [0.5, 0.6) is 0 Å². The number of hydrogen-bond donors (Lipinski definition) is 0. The van der Waals surface area contributed by atoms with Gasteiger partial charge in [0.05, 0.1) is 5.41 Å². The Morgan fingerprint density at radius 3 is 2.56 bits per heavy atom. The number of amides is 1. The topological polar surface area (TPSA) is 20.3 Å². The van der Waals surface area contributed by atoms with Gasteiger partial charge in [0.25, 0.3) is 0 Å². The molecule has 2 atom stereocenters. The zero-order chi connectivity index (χ0) is 17.0. The van der Waals surface area contributed by atoms with Crippen molar-refractivity contribution in [1.29, 1.82) is 0 Å². The molecule has 1 amide bonds. The lowest BCUT2D eigenvalue weighted by atomic mass is 9.77. The number of fused-ring (bicyclic) bond motifs is 3. The number of carbonyl (C=O) groups is 1. The van der Waals surface area contributed by atoms with Crippen molar-refractivity contribution in [3.8, 4) is 0 Å². The number of aryl methyl sites for hydroxylation is 1. The van der Waals surface area contributed by atoms with Gasteiger partial charge in [-0.05, 0) is 60.4 Å². The predicted octanol–water partition coefficient (Wildman–Crippen LogP) is 4.56. The van der Waals surface area contributed by atoms with Crippen LogP contribution in [-0.4, -0.2) is 23.9 Å². The average Bonchev–Trinajstić information content (AvgIpc) is 3.33. The fourth-order valence-corrected chi connectivity index (χ4v) is 5.10. The van der Waals surface area contributed by atoms with Gasteiger partial charge in [0.15, 0.2) is 0 Å². The molecule has 2 unspecified atom stereocenters. The van der Waals surface area contributed by atoms with Crippen molar-refractivity contribution < 1.29 is 4.79 Å². The Hall–Kier alpha value is -1.80. The molecule has 0 bridgehead atoms. The number of carbonyl (C=O) groups excluding carboxylic acids is 1. The molecule has 1 saturated carbocycles. The summed E-state index contributed by atoms with van der Waals surface area (Å²) in [6.45, 7) is 1.81. The molecule has 2 fully saturated rings. The van der Waals surface area contributed by atoms with Crippen LogP contribution < -0.4 is 0 Å². The van der Waals surface area contributed by atoms with Gasteiger partial charge in [-0.15, -0.1) is 0 Å². The van der Waals surface area contributed by atoms with E-state index in [1.807, 2.05) is 24.3 Å². The Bertz CT molecular complexity index is 824. The van der Waals surface area contributed by atoms with Gasteiger partial charge in [0, 0.05) is 24.0 Å². The minimum absolute atomic E-state index is 0.280. The summed E-state index contributed by atoms with van der Waals surface area (Å²) in [7, 11) is 0. The van der Waals surface area contributed by atoms with Crippen LogP contribution in [-0.2, 0) is 16.6 Å². The number of benzene rings is 2. The molecule has 25 heavy (non-hydrogen) atoms. The summed E-state index contributed by atoms with van der Waals surface area (Å²) in [6.07, 6.45) is 4.30. The summed E-state index contributed by atoms with van der Waals surface area (Å²) >= 11 is 6.02. The van der Waals surface area contributed by atoms with Gasteiger partial charge >= 0.3 is 0 Å². The minimum Gasteiger partial charge on any atom is -0.341 e. The van der Waals surface area contributed by atoms with Crippen LogP contribution in [0.25, 0.3) is 0 Å². The summed E-state index contributed by atoms with van der Waals surface area (Å²) < 4.78 is 0. The first-order chi connectivity index (χ1) is 12.2. The number of hydrogen-bond acceptors (Lipinski definition) is 1. The molecule has 2 aromatic carbocycles. The van der Waals surface area contributed by atoms with Crippen molar-refractivity contribution in [2.24, 2.45) is 5.92 Å². The van der Waals surface area contributed by atoms with Gasteiger partial charge in [-0.2, -0.15) is 0 Å². The summed E-state index contributed by atoms with van der Waals surface area (Å²) in [4.78, 5) is 15.5. The molecule has 5 rings (SSSR count). The lowest BCUT2D eigenvalue weighted by molar-refractivity contribution is -0.133. The molecule has 3 heteroatoms. The van der Waals surface area contributed by atoms with E-state index in [0.717, 1.165) is 42.9 Å². The van der Waals surface area contributed by atoms with E-state index in [-0.39, 0.29) is 5.41 Å². The molecule has 0 spiro atoms. The average molecular weight is 352 g/mol. The fourth-order valence-electron chi connectivity index (χ4n) is 4.97. The molecule has 3 aliphatic rings. The smallest absolute Gasteiger partial charge is 0.233 e. The van der Waals surface area contributed by atoms with Gasteiger partial charge < -0.3 is 4.90 Å². The highest BCUT2D eigenvalue weighted by Gasteiger charge is 2.54. The molecule has 2 nitrogen and oxygen atoms in total. The second kappa shape index (κ2) is 5.60. The summed E-state index contributed by atoms with van der Waals surface area (Å²) in [5.74, 6) is 1.48. The highest BCUT2D eigenvalue weighted by atomic mass is 35.5. The molecular weight excluding hydrogens is 330 g/mol. The van der Waals surface area contributed by atoms with E-state index in [1.165, 1.54) is 17.5 Å². The Morgan fingerprint density at radius 2 is 1.80 bits per heavy atom. The molecule has 0 N–H and O–H groups in total. The molecule has 0 radical (unpaired) electrons. The standard InChI is InChI=1S/C22H22ClNO/c23-18-9-7-17(8-10-18)22(11-12-22)21(25)24-13-16-6-5-15-3-1-2-4-19(15)20(16)14-24/h1-4,7-10,16,20H,5-6,11-14H2. The maximum absolute atomic E-state index is 13.4. The summed E-state index contributed by atoms with van der Waals surface area (Å²) in [6, 6.07) is 16.7. The molecule has 2 aliphatic carbocycles. The monoisotopic (exact) mass is 351 g/mol. The Balaban J connectivity index is 1.40. The van der Waals surface area contributed by atoms with Gasteiger partial charge in [0.2, 0.25) is 5.91 Å². The van der Waals surface area contributed by atoms with Crippen LogP contribution in [0.15, 0.2) is 48.5 Å². The van der Waals surface area contributed by atoms with Crippen LogP contribution in [0.1, 0.15) is 41.9 Å². The van der Waals surface area contributed by atoms with Gasteiger partial charge in [-0.25, -0.2) is 0 Å². The SMILES string of the molecule is O=C(N1CC2CCc3ccccc3C2C1)C1(c2ccc(Cl)cc2)CC1. The second-order valence-corrected chi connectivity index (χ2v) is 8.34. The van der Waals surface area contributed by atoms with Crippen molar-refractivity contribution >= 4 is 17.5 Å².